The molecule has 0 unspecified atom stereocenters. The zero-order valence-electron chi connectivity index (χ0n) is 8.23. The lowest BCUT2D eigenvalue weighted by Gasteiger charge is -2.02. The normalized spacial score (nSPS) is 10.4. The van der Waals surface area contributed by atoms with Crippen LogP contribution in [0.4, 0.5) is 5.69 Å². The van der Waals surface area contributed by atoms with E-state index in [1.807, 2.05) is 26.0 Å². The fourth-order valence-corrected chi connectivity index (χ4v) is 1.31. The van der Waals surface area contributed by atoms with Gasteiger partial charge in [-0.1, -0.05) is 0 Å². The van der Waals surface area contributed by atoms with Crippen LogP contribution >= 0.6 is 0 Å². The maximum absolute atomic E-state index is 5.72. The van der Waals surface area contributed by atoms with Crippen molar-refractivity contribution < 1.29 is 0 Å². The first kappa shape index (κ1) is 8.74. The lowest BCUT2D eigenvalue weighted by Crippen LogP contribution is -1.98. The lowest BCUT2D eigenvalue weighted by atomic mass is 10.3. The minimum atomic E-state index is 0.702. The second-order valence-corrected chi connectivity index (χ2v) is 3.22. The standard InChI is InChI=1S/C10H12N4/c1-7-9(11)6-14(13-7)10-4-3-5-12-8(10)2/h3-6H,11H2,1-2H3. The molecule has 2 heterocycles. The molecule has 0 fully saturated rings. The van der Waals surface area contributed by atoms with E-state index in [2.05, 4.69) is 10.1 Å². The van der Waals surface area contributed by atoms with Crippen molar-refractivity contribution in [3.63, 3.8) is 0 Å². The van der Waals surface area contributed by atoms with Crippen molar-refractivity contribution in [1.82, 2.24) is 14.8 Å². The quantitative estimate of drug-likeness (QED) is 0.737. The first-order valence-electron chi connectivity index (χ1n) is 4.42. The van der Waals surface area contributed by atoms with Crippen LogP contribution in [0.25, 0.3) is 5.69 Å². The molecule has 0 saturated heterocycles. The molecule has 72 valence electrons. The average Bonchev–Trinajstić information content (AvgIpc) is 2.48. The van der Waals surface area contributed by atoms with Crippen molar-refractivity contribution in [3.05, 3.63) is 35.9 Å². The summed E-state index contributed by atoms with van der Waals surface area (Å²) in [6, 6.07) is 3.85. The maximum atomic E-state index is 5.72. The molecule has 4 nitrogen and oxygen atoms in total. The number of hydrogen-bond acceptors (Lipinski definition) is 3. The van der Waals surface area contributed by atoms with E-state index in [-0.39, 0.29) is 0 Å². The Hall–Kier alpha value is -1.84. The van der Waals surface area contributed by atoms with E-state index in [0.29, 0.717) is 5.69 Å². The van der Waals surface area contributed by atoms with Gasteiger partial charge < -0.3 is 5.73 Å². The SMILES string of the molecule is Cc1nn(-c2cccnc2C)cc1N. The molecule has 0 amide bonds. The Labute approximate surface area is 82.4 Å². The molecule has 2 rings (SSSR count). The van der Waals surface area contributed by atoms with Gasteiger partial charge in [-0.15, -0.1) is 0 Å². The van der Waals surface area contributed by atoms with E-state index in [4.69, 9.17) is 5.73 Å². The van der Waals surface area contributed by atoms with Gasteiger partial charge in [0.05, 0.1) is 29.0 Å². The van der Waals surface area contributed by atoms with Crippen molar-refractivity contribution >= 4 is 5.69 Å². The molecule has 4 heteroatoms. The molecule has 0 atom stereocenters. The van der Waals surface area contributed by atoms with E-state index >= 15 is 0 Å². The highest BCUT2D eigenvalue weighted by atomic mass is 15.3. The molecule has 2 aromatic rings. The van der Waals surface area contributed by atoms with Crippen molar-refractivity contribution in [2.24, 2.45) is 0 Å². The van der Waals surface area contributed by atoms with Gasteiger partial charge >= 0.3 is 0 Å². The number of aryl methyl sites for hydroxylation is 2. The van der Waals surface area contributed by atoms with Gasteiger partial charge in [-0.05, 0) is 26.0 Å². The molecule has 0 aromatic carbocycles. The first-order chi connectivity index (χ1) is 6.68. The van der Waals surface area contributed by atoms with Crippen molar-refractivity contribution in [3.8, 4) is 5.69 Å². The summed E-state index contributed by atoms with van der Waals surface area (Å²) >= 11 is 0. The summed E-state index contributed by atoms with van der Waals surface area (Å²) in [4.78, 5) is 4.19. The van der Waals surface area contributed by atoms with E-state index < -0.39 is 0 Å². The number of aromatic nitrogens is 3. The van der Waals surface area contributed by atoms with E-state index in [0.717, 1.165) is 17.1 Å². The van der Waals surface area contributed by atoms with Gasteiger partial charge in [0.2, 0.25) is 0 Å². The number of pyridine rings is 1. The van der Waals surface area contributed by atoms with Gasteiger partial charge in [-0.25, -0.2) is 4.68 Å². The molecule has 0 bridgehead atoms. The van der Waals surface area contributed by atoms with E-state index in [1.165, 1.54) is 0 Å². The smallest absolute Gasteiger partial charge is 0.0858 e. The van der Waals surface area contributed by atoms with Gasteiger partial charge in [0.1, 0.15) is 0 Å². The zero-order valence-corrected chi connectivity index (χ0v) is 8.23. The number of nitrogen functional groups attached to an aromatic ring is 1. The molecule has 0 spiro atoms. The Morgan fingerprint density at radius 3 is 2.64 bits per heavy atom. The highest BCUT2D eigenvalue weighted by molar-refractivity contribution is 5.44. The fourth-order valence-electron chi connectivity index (χ4n) is 1.31. The average molecular weight is 188 g/mol. The molecular formula is C10H12N4. The molecule has 0 saturated carbocycles. The van der Waals surface area contributed by atoms with Crippen LogP contribution in [0.5, 0.6) is 0 Å². The molecule has 2 N–H and O–H groups in total. The molecule has 0 aliphatic rings. The molecule has 0 aliphatic carbocycles. The highest BCUT2D eigenvalue weighted by Gasteiger charge is 2.05. The third kappa shape index (κ3) is 1.35. The lowest BCUT2D eigenvalue weighted by molar-refractivity contribution is 0.846. The molecule has 14 heavy (non-hydrogen) atoms. The monoisotopic (exact) mass is 188 g/mol. The Balaban J connectivity index is 2.55. The Kier molecular flexibility index (Phi) is 1.96. The molecular weight excluding hydrogens is 176 g/mol. The van der Waals surface area contributed by atoms with Gasteiger partial charge in [0, 0.05) is 6.20 Å². The number of anilines is 1. The van der Waals surface area contributed by atoms with Crippen LogP contribution in [0.3, 0.4) is 0 Å². The third-order valence-electron chi connectivity index (χ3n) is 2.16. The fraction of sp³-hybridized carbons (Fsp3) is 0.200. The maximum Gasteiger partial charge on any atom is 0.0858 e. The second-order valence-electron chi connectivity index (χ2n) is 3.22. The van der Waals surface area contributed by atoms with E-state index in [9.17, 15) is 0 Å². The van der Waals surface area contributed by atoms with Crippen LogP contribution in [0.15, 0.2) is 24.5 Å². The Bertz CT molecular complexity index is 439. The van der Waals surface area contributed by atoms with Crippen LogP contribution in [-0.2, 0) is 0 Å². The molecule has 2 aromatic heterocycles. The summed E-state index contributed by atoms with van der Waals surface area (Å²) in [7, 11) is 0. The van der Waals surface area contributed by atoms with Crippen LogP contribution in [0.1, 0.15) is 11.4 Å². The van der Waals surface area contributed by atoms with Crippen molar-refractivity contribution in [1.29, 1.82) is 0 Å². The zero-order chi connectivity index (χ0) is 10.1. The van der Waals surface area contributed by atoms with Gasteiger partial charge in [0.25, 0.3) is 0 Å². The van der Waals surface area contributed by atoms with Crippen molar-refractivity contribution in [2.45, 2.75) is 13.8 Å². The Morgan fingerprint density at radius 1 is 1.29 bits per heavy atom. The largest absolute Gasteiger partial charge is 0.396 e. The first-order valence-corrected chi connectivity index (χ1v) is 4.42. The Morgan fingerprint density at radius 2 is 2.07 bits per heavy atom. The van der Waals surface area contributed by atoms with Crippen LogP contribution < -0.4 is 5.73 Å². The third-order valence-corrected chi connectivity index (χ3v) is 2.16. The predicted octanol–water partition coefficient (Wildman–Crippen LogP) is 1.47. The van der Waals surface area contributed by atoms with Crippen LogP contribution in [0, 0.1) is 13.8 Å². The van der Waals surface area contributed by atoms with Crippen molar-refractivity contribution in [2.75, 3.05) is 5.73 Å². The van der Waals surface area contributed by atoms with E-state index in [1.54, 1.807) is 17.1 Å². The second kappa shape index (κ2) is 3.14. The van der Waals surface area contributed by atoms with Gasteiger partial charge in [-0.3, -0.25) is 4.98 Å². The van der Waals surface area contributed by atoms with Gasteiger partial charge in [-0.2, -0.15) is 5.10 Å². The minimum Gasteiger partial charge on any atom is -0.396 e. The topological polar surface area (TPSA) is 56.7 Å². The number of nitrogens with zero attached hydrogens (tertiary/aromatic N) is 3. The van der Waals surface area contributed by atoms with Gasteiger partial charge in [0.15, 0.2) is 0 Å². The summed E-state index contributed by atoms with van der Waals surface area (Å²) in [5.74, 6) is 0. The summed E-state index contributed by atoms with van der Waals surface area (Å²) in [6.45, 7) is 3.83. The van der Waals surface area contributed by atoms with Crippen LogP contribution in [0.2, 0.25) is 0 Å². The summed E-state index contributed by atoms with van der Waals surface area (Å²) in [5.41, 5.74) is 9.17. The van der Waals surface area contributed by atoms with Crippen LogP contribution in [-0.4, -0.2) is 14.8 Å². The number of nitrogens with two attached hydrogens (primary N) is 1. The summed E-state index contributed by atoms with van der Waals surface area (Å²) in [5, 5.41) is 4.29. The number of hydrogen-bond donors (Lipinski definition) is 1. The predicted molar refractivity (Wildman–Crippen MR) is 55.2 cm³/mol. The summed E-state index contributed by atoms with van der Waals surface area (Å²) < 4.78 is 1.76. The number of rotatable bonds is 1. The molecule has 0 aliphatic heterocycles. The summed E-state index contributed by atoms with van der Waals surface area (Å²) in [6.07, 6.45) is 3.57. The molecule has 0 radical (unpaired) electrons. The highest BCUT2D eigenvalue weighted by Crippen LogP contribution is 2.14. The minimum absolute atomic E-state index is 0.702.